The molecular weight excluding hydrogens is 360 g/mol. The minimum atomic E-state index is -3.80. The van der Waals surface area contributed by atoms with Crippen molar-refractivity contribution in [1.29, 1.82) is 0 Å². The van der Waals surface area contributed by atoms with Crippen molar-refractivity contribution in [2.24, 2.45) is 0 Å². The second-order valence-corrected chi connectivity index (χ2v) is 6.91. The van der Waals surface area contributed by atoms with Gasteiger partial charge in [-0.25, -0.2) is 13.2 Å². The van der Waals surface area contributed by atoms with Gasteiger partial charge in [0.1, 0.15) is 0 Å². The summed E-state index contributed by atoms with van der Waals surface area (Å²) in [5, 5.41) is 11.5. The summed E-state index contributed by atoms with van der Waals surface area (Å²) in [6, 6.07) is 12.3. The number of nitrogens with one attached hydrogen (secondary N) is 2. The van der Waals surface area contributed by atoms with Crippen molar-refractivity contribution in [3.05, 3.63) is 60.2 Å². The second-order valence-electron chi connectivity index (χ2n) is 5.23. The molecule has 0 saturated carbocycles. The Kier molecular flexibility index (Phi) is 6.31. The van der Waals surface area contributed by atoms with Gasteiger partial charge in [0, 0.05) is 11.3 Å². The number of ether oxygens (including phenoxy) is 1. The average Bonchev–Trinajstić information content (AvgIpc) is 2.65. The van der Waals surface area contributed by atoms with Gasteiger partial charge in [-0.2, -0.15) is 0 Å². The maximum Gasteiger partial charge on any atom is 0.330 e. The van der Waals surface area contributed by atoms with E-state index in [9.17, 15) is 18.0 Å². The molecular formula is C17H18N2O6S. The third-order valence-electron chi connectivity index (χ3n) is 3.40. The number of rotatable bonds is 7. The largest absolute Gasteiger partial charge is 0.467 e. The fraction of sp³-hybridized carbons (Fsp3) is 0.176. The number of sulfonamides is 1. The van der Waals surface area contributed by atoms with Crippen LogP contribution in [0, 0.1) is 0 Å². The fourth-order valence-electron chi connectivity index (χ4n) is 2.10. The van der Waals surface area contributed by atoms with E-state index < -0.39 is 34.5 Å². The molecule has 26 heavy (non-hydrogen) atoms. The normalized spacial score (nSPS) is 12.1. The molecule has 2 aromatic rings. The lowest BCUT2D eigenvalue weighted by Gasteiger charge is -2.14. The highest BCUT2D eigenvalue weighted by Gasteiger charge is 2.21. The van der Waals surface area contributed by atoms with Crippen LogP contribution in [0.3, 0.4) is 0 Å². The Morgan fingerprint density at radius 1 is 1.12 bits per heavy atom. The first-order valence-corrected chi connectivity index (χ1v) is 9.03. The quantitative estimate of drug-likeness (QED) is 0.611. The van der Waals surface area contributed by atoms with Crippen LogP contribution >= 0.6 is 0 Å². The van der Waals surface area contributed by atoms with E-state index in [1.165, 1.54) is 36.4 Å². The topological polar surface area (TPSA) is 122 Å². The summed E-state index contributed by atoms with van der Waals surface area (Å²) in [6.07, 6.45) is 0. The molecule has 0 radical (unpaired) electrons. The van der Waals surface area contributed by atoms with Crippen LogP contribution in [-0.4, -0.2) is 45.2 Å². The minimum Gasteiger partial charge on any atom is -0.467 e. The first kappa shape index (κ1) is 19.4. The van der Waals surface area contributed by atoms with Crippen LogP contribution in [0.4, 0.5) is 5.69 Å². The van der Waals surface area contributed by atoms with Gasteiger partial charge >= 0.3 is 5.97 Å². The van der Waals surface area contributed by atoms with Gasteiger partial charge in [0.2, 0.25) is 0 Å². The van der Waals surface area contributed by atoms with Gasteiger partial charge in [0.25, 0.3) is 15.9 Å². The van der Waals surface area contributed by atoms with E-state index in [1.54, 1.807) is 18.2 Å². The number of carbonyl (C=O) groups excluding carboxylic acids is 2. The van der Waals surface area contributed by atoms with E-state index in [0.717, 1.165) is 7.11 Å². The minimum absolute atomic E-state index is 0.0842. The smallest absolute Gasteiger partial charge is 0.330 e. The number of carbonyl (C=O) groups is 2. The Bertz CT molecular complexity index is 883. The van der Waals surface area contributed by atoms with E-state index in [-0.39, 0.29) is 16.1 Å². The van der Waals surface area contributed by atoms with Crippen LogP contribution in [0.2, 0.25) is 0 Å². The Hall–Kier alpha value is -2.91. The SMILES string of the molecule is COC(=O)[C@H](CO)NC(=O)c1cccc(NS(=O)(=O)c2ccccc2)c1. The molecule has 0 aliphatic carbocycles. The molecule has 0 fully saturated rings. The molecule has 0 spiro atoms. The van der Waals surface area contributed by atoms with E-state index in [4.69, 9.17) is 5.11 Å². The Balaban J connectivity index is 2.17. The summed E-state index contributed by atoms with van der Waals surface area (Å²) in [5.41, 5.74) is 0.292. The number of benzene rings is 2. The van der Waals surface area contributed by atoms with Crippen molar-refractivity contribution in [2.75, 3.05) is 18.4 Å². The number of amides is 1. The van der Waals surface area contributed by atoms with Gasteiger partial charge in [-0.05, 0) is 30.3 Å². The molecule has 3 N–H and O–H groups in total. The number of anilines is 1. The summed E-state index contributed by atoms with van der Waals surface area (Å²) in [4.78, 5) is 23.7. The molecule has 0 aromatic heterocycles. The van der Waals surface area contributed by atoms with Crippen molar-refractivity contribution in [3.63, 3.8) is 0 Å². The van der Waals surface area contributed by atoms with Crippen molar-refractivity contribution < 1.29 is 27.9 Å². The van der Waals surface area contributed by atoms with E-state index in [1.807, 2.05) is 0 Å². The highest BCUT2D eigenvalue weighted by Crippen LogP contribution is 2.17. The highest BCUT2D eigenvalue weighted by atomic mass is 32.2. The standard InChI is InChI=1S/C17H18N2O6S/c1-25-17(22)15(11-20)18-16(21)12-6-5-7-13(10-12)19-26(23,24)14-8-3-2-4-9-14/h2-10,15,19-20H,11H2,1H3,(H,18,21)/t15-/m0/s1. The maximum atomic E-state index is 12.3. The van der Waals surface area contributed by atoms with Crippen LogP contribution in [0.5, 0.6) is 0 Å². The number of methoxy groups -OCH3 is 1. The molecule has 0 saturated heterocycles. The van der Waals surface area contributed by atoms with E-state index >= 15 is 0 Å². The lowest BCUT2D eigenvalue weighted by atomic mass is 10.2. The van der Waals surface area contributed by atoms with Crippen molar-refractivity contribution in [1.82, 2.24) is 5.32 Å². The zero-order chi connectivity index (χ0) is 19.2. The number of aliphatic hydroxyl groups is 1. The van der Waals surface area contributed by atoms with Gasteiger partial charge in [-0.3, -0.25) is 9.52 Å². The van der Waals surface area contributed by atoms with Crippen molar-refractivity contribution in [2.45, 2.75) is 10.9 Å². The van der Waals surface area contributed by atoms with Crippen LogP contribution < -0.4 is 10.0 Å². The van der Waals surface area contributed by atoms with Gasteiger partial charge in [-0.15, -0.1) is 0 Å². The number of esters is 1. The van der Waals surface area contributed by atoms with E-state index in [2.05, 4.69) is 14.8 Å². The van der Waals surface area contributed by atoms with Gasteiger partial charge < -0.3 is 15.2 Å². The van der Waals surface area contributed by atoms with Gasteiger partial charge in [-0.1, -0.05) is 24.3 Å². The molecule has 0 bridgehead atoms. The Morgan fingerprint density at radius 2 is 1.81 bits per heavy atom. The summed E-state index contributed by atoms with van der Waals surface area (Å²) < 4.78 is 31.5. The molecule has 1 amide bonds. The number of aliphatic hydroxyl groups excluding tert-OH is 1. The van der Waals surface area contributed by atoms with Crippen LogP contribution in [-0.2, 0) is 19.6 Å². The first-order chi connectivity index (χ1) is 12.4. The van der Waals surface area contributed by atoms with Gasteiger partial charge in [0.15, 0.2) is 6.04 Å². The molecule has 138 valence electrons. The lowest BCUT2D eigenvalue weighted by Crippen LogP contribution is -2.44. The van der Waals surface area contributed by atoms with Crippen LogP contribution in [0.25, 0.3) is 0 Å². The molecule has 0 aliphatic heterocycles. The molecule has 8 nitrogen and oxygen atoms in total. The molecule has 9 heteroatoms. The van der Waals surface area contributed by atoms with E-state index in [0.29, 0.717) is 0 Å². The first-order valence-electron chi connectivity index (χ1n) is 7.55. The fourth-order valence-corrected chi connectivity index (χ4v) is 3.17. The molecule has 0 aliphatic rings. The Labute approximate surface area is 150 Å². The van der Waals surface area contributed by atoms with Gasteiger partial charge in [0.05, 0.1) is 18.6 Å². The predicted octanol–water partition coefficient (Wildman–Crippen LogP) is 0.751. The maximum absolute atomic E-state index is 12.3. The lowest BCUT2D eigenvalue weighted by molar-refractivity contribution is -0.143. The molecule has 0 heterocycles. The molecule has 2 rings (SSSR count). The number of hydrogen-bond donors (Lipinski definition) is 3. The Morgan fingerprint density at radius 3 is 2.42 bits per heavy atom. The summed E-state index contributed by atoms with van der Waals surface area (Å²) in [6.45, 7) is -0.626. The molecule has 2 aromatic carbocycles. The third-order valence-corrected chi connectivity index (χ3v) is 4.80. The van der Waals surface area contributed by atoms with Crippen LogP contribution in [0.15, 0.2) is 59.5 Å². The van der Waals surface area contributed by atoms with Crippen molar-refractivity contribution in [3.8, 4) is 0 Å². The summed E-state index contributed by atoms with van der Waals surface area (Å²) >= 11 is 0. The summed E-state index contributed by atoms with van der Waals surface area (Å²) in [7, 11) is -2.66. The van der Waals surface area contributed by atoms with Crippen molar-refractivity contribution >= 4 is 27.6 Å². The highest BCUT2D eigenvalue weighted by molar-refractivity contribution is 7.92. The average molecular weight is 378 g/mol. The molecule has 1 atom stereocenters. The number of hydrogen-bond acceptors (Lipinski definition) is 6. The second kappa shape index (κ2) is 8.45. The zero-order valence-electron chi connectivity index (χ0n) is 13.9. The van der Waals surface area contributed by atoms with Crippen LogP contribution in [0.1, 0.15) is 10.4 Å². The monoisotopic (exact) mass is 378 g/mol. The zero-order valence-corrected chi connectivity index (χ0v) is 14.7. The summed E-state index contributed by atoms with van der Waals surface area (Å²) in [5.74, 6) is -1.45. The predicted molar refractivity (Wildman–Crippen MR) is 94.0 cm³/mol. The molecule has 0 unspecified atom stereocenters. The third kappa shape index (κ3) is 4.80.